The van der Waals surface area contributed by atoms with Crippen molar-refractivity contribution in [1.82, 2.24) is 5.32 Å². The van der Waals surface area contributed by atoms with Gasteiger partial charge in [-0.1, -0.05) is 18.2 Å². The number of amidine groups is 1. The number of hydrogen-bond acceptors (Lipinski definition) is 6. The van der Waals surface area contributed by atoms with E-state index in [2.05, 4.69) is 20.6 Å². The summed E-state index contributed by atoms with van der Waals surface area (Å²) in [5.41, 5.74) is 1.49. The van der Waals surface area contributed by atoms with Crippen LogP contribution in [0.3, 0.4) is 0 Å². The van der Waals surface area contributed by atoms with Crippen LogP contribution in [-0.4, -0.2) is 34.7 Å². The maximum atomic E-state index is 10.8. The minimum atomic E-state index is -0.528. The lowest BCUT2D eigenvalue weighted by Gasteiger charge is -2.24. The first kappa shape index (κ1) is 17.4. The van der Waals surface area contributed by atoms with Crippen molar-refractivity contribution in [1.29, 1.82) is 5.26 Å². The maximum Gasteiger partial charge on any atom is 0.270 e. The van der Waals surface area contributed by atoms with Gasteiger partial charge in [-0.15, -0.1) is 0 Å². The van der Waals surface area contributed by atoms with E-state index >= 15 is 0 Å². The molecular formula is C17H14N6O2S. The summed E-state index contributed by atoms with van der Waals surface area (Å²) in [7, 11) is 0. The summed E-state index contributed by atoms with van der Waals surface area (Å²) in [5.74, 6) is 0.687. The minimum absolute atomic E-state index is 0.0410. The number of benzene rings is 1. The smallest absolute Gasteiger partial charge is 0.270 e. The third-order valence-corrected chi connectivity index (χ3v) is 4.00. The number of thiocarbonyl (C=S) groups is 1. The van der Waals surface area contributed by atoms with E-state index in [-0.39, 0.29) is 17.2 Å². The molecule has 0 bridgehead atoms. The average Bonchev–Trinajstić information content (AvgIpc) is 2.64. The lowest BCUT2D eigenvalue weighted by atomic mass is 9.96. The molecule has 0 fully saturated rings. The molecule has 2 N–H and O–H groups in total. The second kappa shape index (κ2) is 7.67. The molecule has 1 aromatic carbocycles. The lowest BCUT2D eigenvalue weighted by Crippen LogP contribution is -2.42. The highest BCUT2D eigenvalue weighted by Crippen LogP contribution is 2.21. The molecule has 26 heavy (non-hydrogen) atoms. The van der Waals surface area contributed by atoms with Crippen LogP contribution in [0.5, 0.6) is 0 Å². The van der Waals surface area contributed by atoms with E-state index in [1.54, 1.807) is 0 Å². The van der Waals surface area contributed by atoms with E-state index in [1.807, 2.05) is 30.4 Å². The minimum Gasteiger partial charge on any atom is -0.382 e. The number of rotatable bonds is 5. The van der Waals surface area contributed by atoms with Gasteiger partial charge >= 0.3 is 0 Å². The summed E-state index contributed by atoms with van der Waals surface area (Å²) in [5, 5.41) is 26.4. The van der Waals surface area contributed by atoms with Crippen LogP contribution < -0.4 is 10.6 Å². The van der Waals surface area contributed by atoms with Gasteiger partial charge in [0.25, 0.3) is 5.69 Å². The van der Waals surface area contributed by atoms with Crippen molar-refractivity contribution in [2.24, 2.45) is 15.9 Å². The Morgan fingerprint density at radius 1 is 1.46 bits per heavy atom. The van der Waals surface area contributed by atoms with Crippen molar-refractivity contribution in [2.45, 2.75) is 0 Å². The highest BCUT2D eigenvalue weighted by atomic mass is 32.1. The molecule has 130 valence electrons. The van der Waals surface area contributed by atoms with Crippen LogP contribution >= 0.6 is 12.2 Å². The first-order chi connectivity index (χ1) is 12.6. The number of nitro benzene ring substituents is 1. The van der Waals surface area contributed by atoms with E-state index < -0.39 is 4.92 Å². The molecule has 2 aliphatic rings. The number of fused-ring (bicyclic) bond motifs is 1. The van der Waals surface area contributed by atoms with Crippen molar-refractivity contribution in [3.63, 3.8) is 0 Å². The van der Waals surface area contributed by atoms with E-state index in [9.17, 15) is 10.1 Å². The maximum absolute atomic E-state index is 10.8. The van der Waals surface area contributed by atoms with Gasteiger partial charge in [0.05, 0.1) is 34.3 Å². The first-order valence-corrected chi connectivity index (χ1v) is 8.20. The van der Waals surface area contributed by atoms with Crippen molar-refractivity contribution in [3.05, 3.63) is 58.2 Å². The summed E-state index contributed by atoms with van der Waals surface area (Å²) in [6, 6.07) is 6.09. The summed E-state index contributed by atoms with van der Waals surface area (Å²) in [6.07, 6.45) is 7.73. The molecule has 0 radical (unpaired) electrons. The van der Waals surface area contributed by atoms with Gasteiger partial charge in [-0.25, -0.2) is 4.99 Å². The molecule has 0 amide bonds. The van der Waals surface area contributed by atoms with Gasteiger partial charge in [0, 0.05) is 18.7 Å². The van der Waals surface area contributed by atoms with E-state index in [1.165, 1.54) is 18.2 Å². The molecule has 1 heterocycles. The van der Waals surface area contributed by atoms with Gasteiger partial charge in [-0.3, -0.25) is 15.1 Å². The molecule has 0 aromatic heterocycles. The summed E-state index contributed by atoms with van der Waals surface area (Å²) >= 11 is 5.13. The number of nitriles is 1. The highest BCUT2D eigenvalue weighted by molar-refractivity contribution is 7.80. The molecule has 0 spiro atoms. The van der Waals surface area contributed by atoms with Gasteiger partial charge in [0.2, 0.25) is 0 Å². The number of nitro groups is 1. The average molecular weight is 366 g/mol. The van der Waals surface area contributed by atoms with Crippen LogP contribution in [0.25, 0.3) is 0 Å². The SMILES string of the molecule is N#Cc1cc([N+](=O)[O-])ccc1NCCN=C1NC(=S)N=C2C=CC=CC21. The second-order valence-corrected chi connectivity index (χ2v) is 5.87. The Hall–Kier alpha value is -3.38. The number of non-ortho nitro benzene ring substituents is 1. The van der Waals surface area contributed by atoms with Crippen molar-refractivity contribution in [3.8, 4) is 6.07 Å². The molecule has 1 aliphatic heterocycles. The Morgan fingerprint density at radius 3 is 3.08 bits per heavy atom. The first-order valence-electron chi connectivity index (χ1n) is 7.79. The Balaban J connectivity index is 1.65. The Bertz CT molecular complexity index is 926. The van der Waals surface area contributed by atoms with Crippen molar-refractivity contribution >= 4 is 40.3 Å². The molecule has 1 aromatic rings. The molecule has 1 aliphatic carbocycles. The van der Waals surface area contributed by atoms with Crippen molar-refractivity contribution in [2.75, 3.05) is 18.4 Å². The van der Waals surface area contributed by atoms with Crippen LogP contribution in [0.15, 0.2) is 52.5 Å². The highest BCUT2D eigenvalue weighted by Gasteiger charge is 2.24. The van der Waals surface area contributed by atoms with Crippen LogP contribution in [0.2, 0.25) is 0 Å². The molecule has 9 heteroatoms. The number of anilines is 1. The van der Waals surface area contributed by atoms with Crippen LogP contribution in [0.4, 0.5) is 11.4 Å². The molecular weight excluding hydrogens is 352 g/mol. The fourth-order valence-corrected chi connectivity index (χ4v) is 2.81. The fourth-order valence-electron chi connectivity index (χ4n) is 2.60. The lowest BCUT2D eigenvalue weighted by molar-refractivity contribution is -0.384. The van der Waals surface area contributed by atoms with Gasteiger partial charge in [0.15, 0.2) is 5.11 Å². The Labute approximate surface area is 154 Å². The summed E-state index contributed by atoms with van der Waals surface area (Å²) in [4.78, 5) is 19.1. The molecule has 0 saturated carbocycles. The zero-order valence-corrected chi connectivity index (χ0v) is 14.4. The van der Waals surface area contributed by atoms with Gasteiger partial charge in [0.1, 0.15) is 11.9 Å². The second-order valence-electron chi connectivity index (χ2n) is 5.48. The van der Waals surface area contributed by atoms with E-state index in [0.717, 1.165) is 11.5 Å². The van der Waals surface area contributed by atoms with E-state index in [4.69, 9.17) is 17.5 Å². The Morgan fingerprint density at radius 2 is 2.31 bits per heavy atom. The van der Waals surface area contributed by atoms with Crippen molar-refractivity contribution < 1.29 is 4.92 Å². The zero-order chi connectivity index (χ0) is 18.5. The monoisotopic (exact) mass is 366 g/mol. The summed E-state index contributed by atoms with van der Waals surface area (Å²) < 4.78 is 0. The van der Waals surface area contributed by atoms with Crippen LogP contribution in [0, 0.1) is 27.4 Å². The third kappa shape index (κ3) is 3.81. The number of nitrogens with zero attached hydrogens (tertiary/aromatic N) is 4. The molecule has 8 nitrogen and oxygen atoms in total. The van der Waals surface area contributed by atoms with Gasteiger partial charge < -0.3 is 10.6 Å². The zero-order valence-electron chi connectivity index (χ0n) is 13.5. The number of allylic oxidation sites excluding steroid dienone is 3. The number of hydrogen-bond donors (Lipinski definition) is 2. The van der Waals surface area contributed by atoms with Crippen LogP contribution in [-0.2, 0) is 0 Å². The number of aliphatic imine (C=N–C) groups is 2. The molecule has 3 rings (SSSR count). The van der Waals surface area contributed by atoms with E-state index in [0.29, 0.717) is 23.9 Å². The molecule has 1 unspecified atom stereocenters. The largest absolute Gasteiger partial charge is 0.382 e. The van der Waals surface area contributed by atoms with Gasteiger partial charge in [-0.2, -0.15) is 5.26 Å². The predicted octanol–water partition coefficient (Wildman–Crippen LogP) is 2.35. The molecule has 0 saturated heterocycles. The molecule has 1 atom stereocenters. The standard InChI is InChI=1S/C17H14N6O2S/c18-10-11-9-12(23(24)25)5-6-14(11)19-7-8-20-16-13-3-1-2-4-15(13)21-17(26)22-16/h1-6,9,13,19H,7-8H2,(H,20,22,26). The normalized spacial score (nSPS) is 19.3. The van der Waals surface area contributed by atoms with Gasteiger partial charge in [-0.05, 0) is 24.4 Å². The third-order valence-electron chi connectivity index (χ3n) is 3.80. The topological polar surface area (TPSA) is 116 Å². The predicted molar refractivity (Wildman–Crippen MR) is 104 cm³/mol. The Kier molecular flexibility index (Phi) is 5.15. The number of nitrogens with one attached hydrogen (secondary N) is 2. The fraction of sp³-hybridized carbons (Fsp3) is 0.176. The quantitative estimate of drug-likeness (QED) is 0.358. The van der Waals surface area contributed by atoms with Crippen LogP contribution in [0.1, 0.15) is 5.56 Å². The summed E-state index contributed by atoms with van der Waals surface area (Å²) in [6.45, 7) is 0.900.